The maximum absolute atomic E-state index is 13.2. The van der Waals surface area contributed by atoms with Crippen molar-refractivity contribution in [3.63, 3.8) is 0 Å². The number of piperazine rings is 1. The van der Waals surface area contributed by atoms with Crippen molar-refractivity contribution in [2.45, 2.75) is 19.0 Å². The molecule has 0 saturated carbocycles. The lowest BCUT2D eigenvalue weighted by atomic mass is 10.2. The number of amides is 1. The summed E-state index contributed by atoms with van der Waals surface area (Å²) in [6.07, 6.45) is 7.50. The van der Waals surface area contributed by atoms with Gasteiger partial charge >= 0.3 is 0 Å². The Bertz CT molecular complexity index is 977. The number of hydrogen-bond donors (Lipinski definition) is 1. The second-order valence-corrected chi connectivity index (χ2v) is 10.3. The van der Waals surface area contributed by atoms with Crippen molar-refractivity contribution in [1.82, 2.24) is 19.5 Å². The van der Waals surface area contributed by atoms with Crippen molar-refractivity contribution >= 4 is 33.8 Å². The number of benzene rings is 1. The van der Waals surface area contributed by atoms with E-state index < -0.39 is 16.1 Å². The molecule has 1 atom stereocenters. The fourth-order valence-electron chi connectivity index (χ4n) is 3.53. The van der Waals surface area contributed by atoms with E-state index in [1.807, 2.05) is 48.7 Å². The minimum atomic E-state index is -3.75. The van der Waals surface area contributed by atoms with Crippen molar-refractivity contribution in [3.8, 4) is 0 Å². The Labute approximate surface area is 195 Å². The van der Waals surface area contributed by atoms with Gasteiger partial charge in [-0.3, -0.25) is 14.7 Å². The number of rotatable bonds is 10. The fraction of sp³-hybridized carbons (Fsp3) is 0.391. The summed E-state index contributed by atoms with van der Waals surface area (Å²) in [6.45, 7) is 3.49. The summed E-state index contributed by atoms with van der Waals surface area (Å²) in [7, 11) is -3.75. The molecule has 172 valence electrons. The first-order valence-electron chi connectivity index (χ1n) is 10.6. The molecule has 1 aliphatic heterocycles. The SMILES string of the molecule is CSCCC(NS(=O)(=O)C=Cc1ccccc1)C(=O)N1CCN(Cc2ccncc2)CC1. The molecule has 1 aromatic heterocycles. The molecule has 3 rings (SSSR count). The van der Waals surface area contributed by atoms with Gasteiger partial charge in [-0.25, -0.2) is 8.42 Å². The number of sulfonamides is 1. The second-order valence-electron chi connectivity index (χ2n) is 7.67. The Balaban J connectivity index is 1.59. The van der Waals surface area contributed by atoms with E-state index in [0.717, 1.165) is 30.6 Å². The van der Waals surface area contributed by atoms with Crippen LogP contribution < -0.4 is 4.72 Å². The molecule has 0 spiro atoms. The predicted octanol–water partition coefficient (Wildman–Crippen LogP) is 2.44. The summed E-state index contributed by atoms with van der Waals surface area (Å²) >= 11 is 1.59. The van der Waals surface area contributed by atoms with Crippen LogP contribution >= 0.6 is 11.8 Å². The summed E-state index contributed by atoms with van der Waals surface area (Å²) in [5.41, 5.74) is 1.98. The first-order valence-corrected chi connectivity index (χ1v) is 13.6. The Hall–Kier alpha value is -2.20. The summed E-state index contributed by atoms with van der Waals surface area (Å²) < 4.78 is 27.9. The molecule has 1 unspecified atom stereocenters. The van der Waals surface area contributed by atoms with E-state index in [0.29, 0.717) is 25.3 Å². The van der Waals surface area contributed by atoms with Gasteiger partial charge in [0.25, 0.3) is 0 Å². The van der Waals surface area contributed by atoms with E-state index in [2.05, 4.69) is 14.6 Å². The summed E-state index contributed by atoms with van der Waals surface area (Å²) in [5, 5.41) is 1.13. The molecule has 1 aromatic carbocycles. The van der Waals surface area contributed by atoms with Crippen LogP contribution in [0.15, 0.2) is 60.3 Å². The lowest BCUT2D eigenvalue weighted by Gasteiger charge is -2.36. The molecule has 7 nitrogen and oxygen atoms in total. The molecule has 0 bridgehead atoms. The zero-order chi connectivity index (χ0) is 22.8. The third-order valence-electron chi connectivity index (χ3n) is 5.29. The van der Waals surface area contributed by atoms with Gasteiger partial charge in [-0.15, -0.1) is 0 Å². The van der Waals surface area contributed by atoms with Crippen LogP contribution in [0.5, 0.6) is 0 Å². The minimum absolute atomic E-state index is 0.153. The van der Waals surface area contributed by atoms with Crippen LogP contribution in [0.4, 0.5) is 0 Å². The van der Waals surface area contributed by atoms with Crippen molar-refractivity contribution in [3.05, 3.63) is 71.4 Å². The van der Waals surface area contributed by atoms with Gasteiger partial charge in [0.05, 0.1) is 0 Å². The highest BCUT2D eigenvalue weighted by atomic mass is 32.2. The Morgan fingerprint density at radius 3 is 2.47 bits per heavy atom. The molecule has 32 heavy (non-hydrogen) atoms. The van der Waals surface area contributed by atoms with E-state index in [1.54, 1.807) is 29.1 Å². The largest absolute Gasteiger partial charge is 0.339 e. The van der Waals surface area contributed by atoms with Gasteiger partial charge in [-0.2, -0.15) is 16.5 Å². The van der Waals surface area contributed by atoms with Gasteiger partial charge in [0.2, 0.25) is 15.9 Å². The van der Waals surface area contributed by atoms with Gasteiger partial charge in [-0.05, 0) is 47.8 Å². The van der Waals surface area contributed by atoms with Gasteiger partial charge in [0.15, 0.2) is 0 Å². The average molecular weight is 475 g/mol. The van der Waals surface area contributed by atoms with E-state index in [4.69, 9.17) is 0 Å². The molecule has 2 aromatic rings. The van der Waals surface area contributed by atoms with E-state index in [1.165, 1.54) is 11.6 Å². The number of hydrogen-bond acceptors (Lipinski definition) is 6. The van der Waals surface area contributed by atoms with E-state index in [9.17, 15) is 13.2 Å². The average Bonchev–Trinajstić information content (AvgIpc) is 2.82. The monoisotopic (exact) mass is 474 g/mol. The summed E-state index contributed by atoms with van der Waals surface area (Å²) in [6, 6.07) is 12.4. The fourth-order valence-corrected chi connectivity index (χ4v) is 5.03. The normalized spacial score (nSPS) is 16.3. The van der Waals surface area contributed by atoms with Gasteiger partial charge in [-0.1, -0.05) is 30.3 Å². The maximum atomic E-state index is 13.2. The third kappa shape index (κ3) is 7.74. The molecule has 1 N–H and O–H groups in total. The van der Waals surface area contributed by atoms with Crippen LogP contribution in [0.3, 0.4) is 0 Å². The molecule has 1 saturated heterocycles. The lowest BCUT2D eigenvalue weighted by Crippen LogP contribution is -2.54. The molecule has 1 fully saturated rings. The number of nitrogens with one attached hydrogen (secondary N) is 1. The van der Waals surface area contributed by atoms with Crippen molar-refractivity contribution < 1.29 is 13.2 Å². The van der Waals surface area contributed by atoms with Crippen LogP contribution in [0.1, 0.15) is 17.5 Å². The molecular formula is C23H30N4O3S2. The molecule has 2 heterocycles. The number of nitrogens with zero attached hydrogens (tertiary/aromatic N) is 3. The van der Waals surface area contributed by atoms with Crippen LogP contribution in [0, 0.1) is 0 Å². The Kier molecular flexibility index (Phi) is 9.28. The molecule has 0 radical (unpaired) electrons. The number of thioether (sulfide) groups is 1. The van der Waals surface area contributed by atoms with Crippen molar-refractivity contribution in [2.75, 3.05) is 38.2 Å². The number of carbonyl (C=O) groups excluding carboxylic acids is 1. The van der Waals surface area contributed by atoms with Crippen molar-refractivity contribution in [2.24, 2.45) is 0 Å². The highest BCUT2D eigenvalue weighted by Gasteiger charge is 2.29. The highest BCUT2D eigenvalue weighted by Crippen LogP contribution is 2.12. The van der Waals surface area contributed by atoms with Crippen molar-refractivity contribution in [1.29, 1.82) is 0 Å². The lowest BCUT2D eigenvalue weighted by molar-refractivity contribution is -0.134. The Morgan fingerprint density at radius 2 is 1.81 bits per heavy atom. The first-order chi connectivity index (χ1) is 15.5. The number of pyridine rings is 1. The van der Waals surface area contributed by atoms with Gasteiger partial charge < -0.3 is 4.90 Å². The Morgan fingerprint density at radius 1 is 1.12 bits per heavy atom. The zero-order valence-corrected chi connectivity index (χ0v) is 19.9. The third-order valence-corrected chi connectivity index (χ3v) is 7.05. The summed E-state index contributed by atoms with van der Waals surface area (Å²) in [5.74, 6) is 0.544. The molecule has 9 heteroatoms. The first kappa shape index (κ1) is 24.4. The topological polar surface area (TPSA) is 82.6 Å². The van der Waals surface area contributed by atoms with Crippen LogP contribution in [-0.4, -0.2) is 73.3 Å². The minimum Gasteiger partial charge on any atom is -0.339 e. The molecule has 1 amide bonds. The standard InChI is InChI=1S/C23H30N4O3S2/c1-31-17-9-22(25-32(29,30)18-10-20-5-3-2-4-6-20)23(28)27-15-13-26(14-16-27)19-21-7-11-24-12-8-21/h2-8,10-12,18,22,25H,9,13-17,19H2,1H3. The van der Waals surface area contributed by atoms with Gasteiger partial charge in [0, 0.05) is 50.5 Å². The smallest absolute Gasteiger partial charge is 0.240 e. The number of aromatic nitrogens is 1. The van der Waals surface area contributed by atoms with Crippen LogP contribution in [0.2, 0.25) is 0 Å². The summed E-state index contributed by atoms with van der Waals surface area (Å²) in [4.78, 5) is 21.3. The predicted molar refractivity (Wildman–Crippen MR) is 130 cm³/mol. The van der Waals surface area contributed by atoms with Crippen LogP contribution in [-0.2, 0) is 21.4 Å². The second kappa shape index (κ2) is 12.2. The van der Waals surface area contributed by atoms with E-state index in [-0.39, 0.29) is 5.91 Å². The van der Waals surface area contributed by atoms with Gasteiger partial charge in [0.1, 0.15) is 6.04 Å². The number of carbonyl (C=O) groups is 1. The quantitative estimate of drug-likeness (QED) is 0.570. The highest BCUT2D eigenvalue weighted by molar-refractivity contribution is 7.98. The van der Waals surface area contributed by atoms with Crippen LogP contribution in [0.25, 0.3) is 6.08 Å². The molecular weight excluding hydrogens is 444 g/mol. The maximum Gasteiger partial charge on any atom is 0.240 e. The zero-order valence-electron chi connectivity index (χ0n) is 18.3. The van der Waals surface area contributed by atoms with E-state index >= 15 is 0 Å². The molecule has 0 aliphatic carbocycles. The molecule has 1 aliphatic rings.